The number of Topliss-reactive ketones (excluding diaryl/α,β-unsaturated/α-hetero) is 1. The highest BCUT2D eigenvalue weighted by Crippen LogP contribution is 2.37. The molecular formula is C25H34ClN3O2. The van der Waals surface area contributed by atoms with E-state index in [2.05, 4.69) is 47.2 Å². The average Bonchev–Trinajstić information content (AvgIpc) is 2.74. The van der Waals surface area contributed by atoms with Crippen LogP contribution < -0.4 is 10.2 Å². The summed E-state index contributed by atoms with van der Waals surface area (Å²) in [5.41, 5.74) is 2.50. The third-order valence-electron chi connectivity index (χ3n) is 6.09. The molecule has 2 heterocycles. The van der Waals surface area contributed by atoms with E-state index in [0.717, 1.165) is 55.4 Å². The van der Waals surface area contributed by atoms with Crippen LogP contribution in [-0.2, 0) is 14.9 Å². The molecule has 1 aromatic heterocycles. The first-order valence-corrected chi connectivity index (χ1v) is 11.4. The van der Waals surface area contributed by atoms with Crippen LogP contribution in [0.3, 0.4) is 0 Å². The molecule has 5 nitrogen and oxygen atoms in total. The van der Waals surface area contributed by atoms with Crippen LogP contribution in [-0.4, -0.2) is 36.6 Å². The first kappa shape index (κ1) is 23.6. The first-order chi connectivity index (χ1) is 14.7. The highest BCUT2D eigenvalue weighted by Gasteiger charge is 2.29. The Kier molecular flexibility index (Phi) is 7.60. The summed E-state index contributed by atoms with van der Waals surface area (Å²) < 4.78 is 5.62. The normalized spacial score (nSPS) is 15.2. The van der Waals surface area contributed by atoms with E-state index in [-0.39, 0.29) is 5.78 Å². The highest BCUT2D eigenvalue weighted by atomic mass is 35.5. The van der Waals surface area contributed by atoms with Gasteiger partial charge in [-0.05, 0) is 69.4 Å². The molecule has 0 atom stereocenters. The van der Waals surface area contributed by atoms with Gasteiger partial charge in [0.25, 0.3) is 0 Å². The second kappa shape index (κ2) is 10.0. The fourth-order valence-electron chi connectivity index (χ4n) is 3.90. The summed E-state index contributed by atoms with van der Waals surface area (Å²) in [4.78, 5) is 19.2. The number of nitrogens with one attached hydrogen (secondary N) is 1. The zero-order valence-electron chi connectivity index (χ0n) is 19.2. The van der Waals surface area contributed by atoms with Crippen LogP contribution in [0.15, 0.2) is 36.5 Å². The molecule has 1 aromatic carbocycles. The van der Waals surface area contributed by atoms with Crippen molar-refractivity contribution in [1.29, 1.82) is 0 Å². The molecule has 1 aliphatic heterocycles. The maximum atomic E-state index is 12.3. The van der Waals surface area contributed by atoms with Crippen molar-refractivity contribution in [3.63, 3.8) is 0 Å². The summed E-state index contributed by atoms with van der Waals surface area (Å²) >= 11 is 6.03. The van der Waals surface area contributed by atoms with E-state index in [4.69, 9.17) is 16.3 Å². The number of halogens is 1. The van der Waals surface area contributed by atoms with Crippen molar-refractivity contribution in [2.24, 2.45) is 5.92 Å². The number of hydrogen-bond donors (Lipinski definition) is 1. The van der Waals surface area contributed by atoms with E-state index < -0.39 is 5.41 Å². The molecule has 1 N–H and O–H groups in total. The van der Waals surface area contributed by atoms with Crippen molar-refractivity contribution < 1.29 is 9.53 Å². The van der Waals surface area contributed by atoms with Crippen LogP contribution in [0.25, 0.3) is 0 Å². The molecule has 168 valence electrons. The Bertz CT molecular complexity index is 890. The van der Waals surface area contributed by atoms with E-state index in [1.165, 1.54) is 0 Å². The van der Waals surface area contributed by atoms with Gasteiger partial charge >= 0.3 is 0 Å². The van der Waals surface area contributed by atoms with Crippen molar-refractivity contribution in [2.45, 2.75) is 58.9 Å². The lowest BCUT2D eigenvalue weighted by atomic mass is 9.81. The molecule has 2 aromatic rings. The molecule has 0 aliphatic carbocycles. The van der Waals surface area contributed by atoms with Crippen molar-refractivity contribution in [3.05, 3.63) is 47.1 Å². The van der Waals surface area contributed by atoms with Gasteiger partial charge in [0, 0.05) is 37.4 Å². The third kappa shape index (κ3) is 5.78. The molecule has 1 aliphatic rings. The summed E-state index contributed by atoms with van der Waals surface area (Å²) in [5.74, 6) is 1.37. The summed E-state index contributed by atoms with van der Waals surface area (Å²) in [7, 11) is 0. The lowest BCUT2D eigenvalue weighted by molar-refractivity contribution is -0.121. The van der Waals surface area contributed by atoms with Crippen molar-refractivity contribution >= 4 is 34.6 Å². The van der Waals surface area contributed by atoms with Gasteiger partial charge in [-0.2, -0.15) is 0 Å². The molecule has 1 saturated heterocycles. The average molecular weight is 444 g/mol. The molecule has 0 bridgehead atoms. The summed E-state index contributed by atoms with van der Waals surface area (Å²) in [5, 5.41) is 4.09. The number of pyridine rings is 1. The van der Waals surface area contributed by atoms with Crippen LogP contribution in [0.2, 0.25) is 5.02 Å². The molecule has 0 radical (unpaired) electrons. The number of nitrogens with zero attached hydrogens (tertiary/aromatic N) is 2. The molecule has 6 heteroatoms. The summed E-state index contributed by atoms with van der Waals surface area (Å²) in [6.45, 7) is 12.6. The second-order valence-electron chi connectivity index (χ2n) is 9.29. The number of aromatic nitrogens is 1. The van der Waals surface area contributed by atoms with E-state index >= 15 is 0 Å². The third-order valence-corrected chi connectivity index (χ3v) is 6.31. The lowest BCUT2D eigenvalue weighted by Gasteiger charge is -2.39. The zero-order valence-corrected chi connectivity index (χ0v) is 20.0. The predicted octanol–water partition coefficient (Wildman–Crippen LogP) is 5.99. The van der Waals surface area contributed by atoms with Crippen molar-refractivity contribution in [2.75, 3.05) is 30.0 Å². The van der Waals surface area contributed by atoms with Crippen LogP contribution in [0, 0.1) is 5.92 Å². The molecular weight excluding hydrogens is 410 g/mol. The van der Waals surface area contributed by atoms with Gasteiger partial charge in [-0.15, -0.1) is 0 Å². The van der Waals surface area contributed by atoms with Gasteiger partial charge in [0.05, 0.1) is 16.4 Å². The number of ether oxygens (including phenoxy) is 1. The molecule has 0 saturated carbocycles. The van der Waals surface area contributed by atoms with Gasteiger partial charge in [0.15, 0.2) is 0 Å². The van der Waals surface area contributed by atoms with Gasteiger partial charge in [0.1, 0.15) is 11.6 Å². The fourth-order valence-corrected chi connectivity index (χ4v) is 4.01. The largest absolute Gasteiger partial charge is 0.381 e. The predicted molar refractivity (Wildman–Crippen MR) is 129 cm³/mol. The second-order valence-corrected chi connectivity index (χ2v) is 9.73. The zero-order chi connectivity index (χ0) is 22.6. The molecule has 0 unspecified atom stereocenters. The van der Waals surface area contributed by atoms with Crippen LogP contribution in [0.1, 0.15) is 53.0 Å². The molecule has 0 spiro atoms. The smallest absolute Gasteiger partial charge is 0.139 e. The fraction of sp³-hybridized carbons (Fsp3) is 0.520. The minimum Gasteiger partial charge on any atom is -0.381 e. The Morgan fingerprint density at radius 1 is 1.26 bits per heavy atom. The Balaban J connectivity index is 2.07. The number of benzene rings is 1. The minimum atomic E-state index is -0.566. The summed E-state index contributed by atoms with van der Waals surface area (Å²) in [6.07, 6.45) is 3.65. The van der Waals surface area contributed by atoms with Gasteiger partial charge < -0.3 is 15.0 Å². The summed E-state index contributed by atoms with van der Waals surface area (Å²) in [6, 6.07) is 10.4. The molecule has 1 fully saturated rings. The number of anilines is 3. The van der Waals surface area contributed by atoms with Gasteiger partial charge in [-0.3, -0.25) is 4.79 Å². The van der Waals surface area contributed by atoms with Crippen LogP contribution >= 0.6 is 11.6 Å². The Morgan fingerprint density at radius 3 is 2.55 bits per heavy atom. The number of carbonyl (C=O) groups excluding carboxylic acids is 1. The standard InChI is InChI=1S/C25H34ClN3O2/c1-17(2)16-29(21-10-12-31-13-11-21)23-8-6-19(25(4,5)18(3)30)14-22(23)28-24-9-7-20(26)15-27-24/h6-9,14-15,17,21H,10-13,16H2,1-5H3,(H,27,28). The van der Waals surface area contributed by atoms with Crippen LogP contribution in [0.5, 0.6) is 0 Å². The quantitative estimate of drug-likeness (QED) is 0.543. The number of carbonyl (C=O) groups is 1. The monoisotopic (exact) mass is 443 g/mol. The van der Waals surface area contributed by atoms with E-state index in [0.29, 0.717) is 17.0 Å². The van der Waals surface area contributed by atoms with Gasteiger partial charge in [0.2, 0.25) is 0 Å². The highest BCUT2D eigenvalue weighted by molar-refractivity contribution is 6.30. The molecule has 0 amide bonds. The van der Waals surface area contributed by atoms with Gasteiger partial charge in [-0.25, -0.2) is 4.98 Å². The number of ketones is 1. The Labute approximate surface area is 191 Å². The number of hydrogen-bond acceptors (Lipinski definition) is 5. The molecule has 31 heavy (non-hydrogen) atoms. The lowest BCUT2D eigenvalue weighted by Crippen LogP contribution is -2.42. The van der Waals surface area contributed by atoms with E-state index in [1.807, 2.05) is 26.0 Å². The molecule has 3 rings (SSSR count). The Morgan fingerprint density at radius 2 is 1.97 bits per heavy atom. The Hall–Kier alpha value is -2.11. The minimum absolute atomic E-state index is 0.138. The SMILES string of the molecule is CC(=O)C(C)(C)c1ccc(N(CC(C)C)C2CCOCC2)c(Nc2ccc(Cl)cn2)c1. The van der Waals surface area contributed by atoms with E-state index in [1.54, 1.807) is 13.1 Å². The van der Waals surface area contributed by atoms with Crippen molar-refractivity contribution in [3.8, 4) is 0 Å². The van der Waals surface area contributed by atoms with Gasteiger partial charge in [-0.1, -0.05) is 31.5 Å². The number of rotatable bonds is 8. The van der Waals surface area contributed by atoms with Crippen molar-refractivity contribution in [1.82, 2.24) is 4.98 Å². The maximum absolute atomic E-state index is 12.3. The van der Waals surface area contributed by atoms with E-state index in [9.17, 15) is 4.79 Å². The topological polar surface area (TPSA) is 54.5 Å². The maximum Gasteiger partial charge on any atom is 0.139 e. The first-order valence-electron chi connectivity index (χ1n) is 11.1. The van der Waals surface area contributed by atoms with Crippen LogP contribution in [0.4, 0.5) is 17.2 Å².